The highest BCUT2D eigenvalue weighted by atomic mass is 32.1. The highest BCUT2D eigenvalue weighted by Crippen LogP contribution is 2.37. The van der Waals surface area contributed by atoms with Crippen LogP contribution in [0.3, 0.4) is 0 Å². The summed E-state index contributed by atoms with van der Waals surface area (Å²) in [7, 11) is 0. The molecule has 1 aliphatic heterocycles. The number of hydrogen-bond donors (Lipinski definition) is 1. The largest absolute Gasteiger partial charge is 0.494 e. The number of ether oxygens (including phenoxy) is 1. The molecule has 4 nitrogen and oxygen atoms in total. The second-order valence-corrected chi connectivity index (χ2v) is 7.46. The molecule has 1 aromatic carbocycles. The quantitative estimate of drug-likeness (QED) is 0.826. The smallest absolute Gasteiger partial charge is 0.320 e. The summed E-state index contributed by atoms with van der Waals surface area (Å²) in [5, 5.41) is 11.8. The number of aryl methyl sites for hydroxylation is 1. The fourth-order valence-electron chi connectivity index (χ4n) is 3.56. The molecule has 0 aliphatic carbocycles. The molecule has 2 aromatic rings. The molecule has 0 radical (unpaired) electrons. The van der Waals surface area contributed by atoms with E-state index in [1.807, 2.05) is 19.1 Å². The van der Waals surface area contributed by atoms with Crippen LogP contribution in [0.4, 0.5) is 0 Å². The Morgan fingerprint density at radius 3 is 2.72 bits per heavy atom. The van der Waals surface area contributed by atoms with E-state index in [2.05, 4.69) is 35.4 Å². The van der Waals surface area contributed by atoms with E-state index >= 15 is 0 Å². The summed E-state index contributed by atoms with van der Waals surface area (Å²) in [6.07, 6.45) is 2.74. The predicted octanol–water partition coefficient (Wildman–Crippen LogP) is 4.48. The number of likely N-dealkylation sites (tertiary alicyclic amines) is 1. The van der Waals surface area contributed by atoms with E-state index in [4.69, 9.17) is 4.74 Å². The first-order chi connectivity index (χ1) is 12.1. The van der Waals surface area contributed by atoms with E-state index in [1.54, 1.807) is 11.3 Å². The van der Waals surface area contributed by atoms with E-state index in [0.717, 1.165) is 30.7 Å². The van der Waals surface area contributed by atoms with Crippen molar-refractivity contribution in [1.29, 1.82) is 0 Å². The van der Waals surface area contributed by atoms with Gasteiger partial charge in [-0.15, -0.1) is 11.3 Å². The Morgan fingerprint density at radius 2 is 2.12 bits per heavy atom. The Labute approximate surface area is 153 Å². The highest BCUT2D eigenvalue weighted by Gasteiger charge is 2.35. The summed E-state index contributed by atoms with van der Waals surface area (Å²) in [6, 6.07) is 9.83. The zero-order chi connectivity index (χ0) is 17.8. The Kier molecular flexibility index (Phi) is 5.76. The highest BCUT2D eigenvalue weighted by molar-refractivity contribution is 7.10. The van der Waals surface area contributed by atoms with Crippen LogP contribution in [0.15, 0.2) is 35.7 Å². The van der Waals surface area contributed by atoms with Crippen LogP contribution in [0.5, 0.6) is 5.75 Å². The topological polar surface area (TPSA) is 49.8 Å². The van der Waals surface area contributed by atoms with Crippen LogP contribution in [-0.4, -0.2) is 35.2 Å². The van der Waals surface area contributed by atoms with Crippen molar-refractivity contribution >= 4 is 17.3 Å². The Balaban J connectivity index is 1.98. The molecule has 0 spiro atoms. The fourth-order valence-corrected chi connectivity index (χ4v) is 4.60. The Bertz CT molecular complexity index is 710. The van der Waals surface area contributed by atoms with Gasteiger partial charge < -0.3 is 9.84 Å². The van der Waals surface area contributed by atoms with Crippen molar-refractivity contribution in [3.05, 3.63) is 51.7 Å². The van der Waals surface area contributed by atoms with Crippen molar-refractivity contribution in [2.45, 2.75) is 45.2 Å². The molecule has 3 rings (SSSR count). The molecule has 1 aromatic heterocycles. The van der Waals surface area contributed by atoms with Crippen LogP contribution < -0.4 is 4.74 Å². The average Bonchev–Trinajstić information content (AvgIpc) is 3.03. The van der Waals surface area contributed by atoms with E-state index < -0.39 is 12.0 Å². The van der Waals surface area contributed by atoms with Gasteiger partial charge in [-0.1, -0.05) is 18.6 Å². The van der Waals surface area contributed by atoms with Gasteiger partial charge in [0.15, 0.2) is 0 Å². The van der Waals surface area contributed by atoms with Gasteiger partial charge in [-0.3, -0.25) is 9.69 Å². The summed E-state index contributed by atoms with van der Waals surface area (Å²) in [4.78, 5) is 15.2. The van der Waals surface area contributed by atoms with Gasteiger partial charge in [0.1, 0.15) is 11.8 Å². The van der Waals surface area contributed by atoms with Gasteiger partial charge in [0.25, 0.3) is 0 Å². The maximum absolute atomic E-state index is 11.8. The van der Waals surface area contributed by atoms with Gasteiger partial charge in [0.2, 0.25) is 0 Å². The lowest BCUT2D eigenvalue weighted by molar-refractivity contribution is -0.145. The zero-order valence-electron chi connectivity index (χ0n) is 14.8. The summed E-state index contributed by atoms with van der Waals surface area (Å²) < 4.78 is 5.55. The number of benzene rings is 1. The van der Waals surface area contributed by atoms with Crippen LogP contribution in [0, 0.1) is 6.92 Å². The molecule has 1 N–H and O–H groups in total. The number of rotatable bonds is 6. The molecule has 0 bridgehead atoms. The lowest BCUT2D eigenvalue weighted by Gasteiger charge is -2.39. The second-order valence-electron chi connectivity index (χ2n) is 6.52. The summed E-state index contributed by atoms with van der Waals surface area (Å²) in [5.41, 5.74) is 2.35. The third kappa shape index (κ3) is 4.05. The SMILES string of the molecule is CCOc1ccc(C(c2cc(C)cs2)N2CCCCC2C(=O)O)cc1. The van der Waals surface area contributed by atoms with Gasteiger partial charge >= 0.3 is 5.97 Å². The average molecular weight is 359 g/mol. The summed E-state index contributed by atoms with van der Waals surface area (Å²) in [6.45, 7) is 5.50. The molecule has 5 heteroatoms. The molecule has 2 heterocycles. The number of piperidine rings is 1. The van der Waals surface area contributed by atoms with Crippen LogP contribution >= 0.6 is 11.3 Å². The second kappa shape index (κ2) is 8.02. The third-order valence-corrected chi connectivity index (χ3v) is 5.79. The number of hydrogen-bond acceptors (Lipinski definition) is 4. The number of carboxylic acids is 1. The summed E-state index contributed by atoms with van der Waals surface area (Å²) >= 11 is 1.71. The first-order valence-corrected chi connectivity index (χ1v) is 9.74. The van der Waals surface area contributed by atoms with Gasteiger partial charge in [-0.05, 0) is 67.9 Å². The van der Waals surface area contributed by atoms with Crippen LogP contribution in [0.2, 0.25) is 0 Å². The first-order valence-electron chi connectivity index (χ1n) is 8.86. The number of carboxylic acid groups (broad SMARTS) is 1. The van der Waals surface area contributed by atoms with Gasteiger partial charge in [0.05, 0.1) is 12.6 Å². The van der Waals surface area contributed by atoms with Crippen LogP contribution in [0.25, 0.3) is 0 Å². The molecular formula is C20H25NO3S. The fraction of sp³-hybridized carbons (Fsp3) is 0.450. The van der Waals surface area contributed by atoms with Crippen molar-refractivity contribution in [3.8, 4) is 5.75 Å². The summed E-state index contributed by atoms with van der Waals surface area (Å²) in [5.74, 6) is 0.129. The van der Waals surface area contributed by atoms with Crippen molar-refractivity contribution in [1.82, 2.24) is 4.90 Å². The first kappa shape index (κ1) is 18.0. The Morgan fingerprint density at radius 1 is 1.36 bits per heavy atom. The molecule has 0 saturated carbocycles. The number of nitrogens with zero attached hydrogens (tertiary/aromatic N) is 1. The maximum atomic E-state index is 11.8. The lowest BCUT2D eigenvalue weighted by Crippen LogP contribution is -2.46. The third-order valence-electron chi connectivity index (χ3n) is 4.69. The standard InChI is InChI=1S/C20H25NO3S/c1-3-24-16-9-7-15(8-10-16)19(18-12-14(2)13-25-18)21-11-5-4-6-17(21)20(22)23/h7-10,12-13,17,19H,3-6,11H2,1-2H3,(H,22,23). The van der Waals surface area contributed by atoms with Gasteiger partial charge in [-0.2, -0.15) is 0 Å². The number of carbonyl (C=O) groups is 1. The minimum absolute atomic E-state index is 0.0178. The van der Waals surface area contributed by atoms with Crippen molar-refractivity contribution < 1.29 is 14.6 Å². The van der Waals surface area contributed by atoms with E-state index in [1.165, 1.54) is 10.4 Å². The normalized spacial score (nSPS) is 19.5. The molecular weight excluding hydrogens is 334 g/mol. The molecule has 134 valence electrons. The molecule has 2 unspecified atom stereocenters. The van der Waals surface area contributed by atoms with Crippen molar-refractivity contribution in [2.24, 2.45) is 0 Å². The number of thiophene rings is 1. The maximum Gasteiger partial charge on any atom is 0.320 e. The van der Waals surface area contributed by atoms with Crippen LogP contribution in [-0.2, 0) is 4.79 Å². The minimum atomic E-state index is -0.719. The molecule has 25 heavy (non-hydrogen) atoms. The minimum Gasteiger partial charge on any atom is -0.494 e. The van der Waals surface area contributed by atoms with E-state index in [9.17, 15) is 9.90 Å². The van der Waals surface area contributed by atoms with Gasteiger partial charge in [-0.25, -0.2) is 0 Å². The molecule has 1 fully saturated rings. The van der Waals surface area contributed by atoms with E-state index in [-0.39, 0.29) is 6.04 Å². The van der Waals surface area contributed by atoms with Crippen LogP contribution in [0.1, 0.15) is 48.2 Å². The Hall–Kier alpha value is -1.85. The molecule has 2 atom stereocenters. The predicted molar refractivity (Wildman–Crippen MR) is 100 cm³/mol. The lowest BCUT2D eigenvalue weighted by atomic mass is 9.95. The molecule has 0 amide bonds. The van der Waals surface area contributed by atoms with E-state index in [0.29, 0.717) is 13.0 Å². The number of aliphatic carboxylic acids is 1. The van der Waals surface area contributed by atoms with Gasteiger partial charge in [0, 0.05) is 4.88 Å². The molecule has 1 aliphatic rings. The van der Waals surface area contributed by atoms with Crippen molar-refractivity contribution in [3.63, 3.8) is 0 Å². The monoisotopic (exact) mass is 359 g/mol. The zero-order valence-corrected chi connectivity index (χ0v) is 15.6. The molecule has 1 saturated heterocycles. The van der Waals surface area contributed by atoms with Crippen molar-refractivity contribution in [2.75, 3.05) is 13.2 Å².